The van der Waals surface area contributed by atoms with Gasteiger partial charge in [0, 0.05) is 25.8 Å². The molecule has 3 heteroatoms. The van der Waals surface area contributed by atoms with E-state index in [1.165, 1.54) is 21.9 Å². The monoisotopic (exact) mass is 529 g/mol. The summed E-state index contributed by atoms with van der Waals surface area (Å²) in [6.45, 7) is 0. The second-order valence-corrected chi connectivity index (χ2v) is 3.70. The van der Waals surface area contributed by atoms with Crippen molar-refractivity contribution >= 4 is 10.8 Å². The molecule has 0 aliphatic rings. The van der Waals surface area contributed by atoms with E-state index < -0.39 is 0 Å². The molecule has 3 aromatic carbocycles. The number of hydrogen-bond acceptors (Lipinski definition) is 0. The Morgan fingerprint density at radius 3 is 2.17 bits per heavy atom. The van der Waals surface area contributed by atoms with Gasteiger partial charge >= 0.3 is 0 Å². The fraction of sp³-hybridized carbons (Fsp3) is 0. The molecule has 0 radical (unpaired) electrons. The van der Waals surface area contributed by atoms with Crippen molar-refractivity contribution in [3.05, 3.63) is 66.7 Å². The van der Waals surface area contributed by atoms with E-state index in [-0.39, 0.29) is 59.8 Å². The van der Waals surface area contributed by atoms with Gasteiger partial charge in [0.15, 0.2) is 0 Å². The first-order valence-electron chi connectivity index (χ1n) is 5.15. The molecule has 0 saturated heterocycles. The van der Waals surface area contributed by atoms with Crippen LogP contribution in [0.1, 0.15) is 0 Å². The molecular weight excluding hydrogens is 518 g/mol. The van der Waals surface area contributed by atoms with E-state index in [4.69, 9.17) is 0 Å². The van der Waals surface area contributed by atoms with Crippen LogP contribution in [0.3, 0.4) is 0 Å². The first-order chi connectivity index (χ1) is 7.45. The maximum atomic E-state index is 2.18. The zero-order valence-corrected chi connectivity index (χ0v) is 16.4. The molecular formula is C15H11Br2Hf-3. The largest absolute Gasteiger partial charge is 1.00 e. The van der Waals surface area contributed by atoms with E-state index in [0.717, 1.165) is 0 Å². The van der Waals surface area contributed by atoms with E-state index in [0.29, 0.717) is 0 Å². The van der Waals surface area contributed by atoms with Crippen LogP contribution in [0.5, 0.6) is 0 Å². The molecule has 0 aromatic heterocycles. The first-order valence-corrected chi connectivity index (χ1v) is 5.15. The van der Waals surface area contributed by atoms with Crippen molar-refractivity contribution in [2.75, 3.05) is 0 Å². The van der Waals surface area contributed by atoms with Crippen LogP contribution in [0.15, 0.2) is 66.7 Å². The minimum Gasteiger partial charge on any atom is -1.00 e. The molecule has 0 fully saturated rings. The van der Waals surface area contributed by atoms with E-state index >= 15 is 0 Å². The fourth-order valence-electron chi connectivity index (χ4n) is 2.03. The van der Waals surface area contributed by atoms with Crippen LogP contribution in [0.4, 0.5) is 0 Å². The van der Waals surface area contributed by atoms with E-state index in [9.17, 15) is 0 Å². The molecule has 3 rings (SSSR count). The van der Waals surface area contributed by atoms with Crippen LogP contribution >= 0.6 is 0 Å². The number of fused-ring (bicyclic) bond motifs is 1. The number of halogens is 2. The molecule has 0 bridgehead atoms. The van der Waals surface area contributed by atoms with Gasteiger partial charge < -0.3 is 34.0 Å². The van der Waals surface area contributed by atoms with E-state index in [1.54, 1.807) is 0 Å². The Hall–Kier alpha value is -0.120. The average molecular weight is 530 g/mol. The normalized spacial score (nSPS) is 8.89. The van der Waals surface area contributed by atoms with E-state index in [2.05, 4.69) is 66.7 Å². The van der Waals surface area contributed by atoms with Crippen molar-refractivity contribution in [2.45, 2.75) is 0 Å². The molecule has 0 spiro atoms. The fourth-order valence-corrected chi connectivity index (χ4v) is 2.03. The summed E-state index contributed by atoms with van der Waals surface area (Å²) >= 11 is 0. The van der Waals surface area contributed by atoms with Gasteiger partial charge in [0.25, 0.3) is 0 Å². The topological polar surface area (TPSA) is 0 Å². The zero-order chi connectivity index (χ0) is 10.1. The van der Waals surface area contributed by atoms with Gasteiger partial charge in [0.2, 0.25) is 0 Å². The summed E-state index contributed by atoms with van der Waals surface area (Å²) in [5, 5.41) is 2.65. The van der Waals surface area contributed by atoms with Gasteiger partial charge in [-0.05, 0) is 5.56 Å². The van der Waals surface area contributed by atoms with Gasteiger partial charge in [0.05, 0.1) is 0 Å². The molecule has 92 valence electrons. The van der Waals surface area contributed by atoms with Crippen molar-refractivity contribution < 1.29 is 59.8 Å². The Balaban J connectivity index is 0.000000963. The quantitative estimate of drug-likeness (QED) is 0.259. The van der Waals surface area contributed by atoms with Gasteiger partial charge in [-0.2, -0.15) is 12.1 Å². The maximum Gasteiger partial charge on any atom is 0 e. The average Bonchev–Trinajstić information content (AvgIpc) is 2.78. The van der Waals surface area contributed by atoms with Crippen LogP contribution in [0.25, 0.3) is 21.9 Å². The smallest absolute Gasteiger partial charge is 0 e. The number of rotatable bonds is 1. The third kappa shape index (κ3) is 3.46. The Bertz CT molecular complexity index is 588. The van der Waals surface area contributed by atoms with Crippen LogP contribution in [0, 0.1) is 0 Å². The van der Waals surface area contributed by atoms with Gasteiger partial charge in [-0.3, -0.25) is 0 Å². The van der Waals surface area contributed by atoms with Crippen molar-refractivity contribution in [1.29, 1.82) is 0 Å². The van der Waals surface area contributed by atoms with Crippen molar-refractivity contribution in [1.82, 2.24) is 0 Å². The summed E-state index contributed by atoms with van der Waals surface area (Å²) < 4.78 is 0. The molecule has 0 atom stereocenters. The van der Waals surface area contributed by atoms with Crippen LogP contribution in [-0.4, -0.2) is 0 Å². The summed E-state index contributed by atoms with van der Waals surface area (Å²) in [5.74, 6) is 0. The van der Waals surface area contributed by atoms with Gasteiger partial charge in [-0.25, -0.2) is 0 Å². The Labute approximate surface area is 147 Å². The first kappa shape index (κ1) is 17.9. The molecule has 0 heterocycles. The van der Waals surface area contributed by atoms with Crippen LogP contribution in [-0.2, 0) is 25.8 Å². The molecule has 18 heavy (non-hydrogen) atoms. The van der Waals surface area contributed by atoms with Crippen LogP contribution < -0.4 is 34.0 Å². The summed E-state index contributed by atoms with van der Waals surface area (Å²) in [5.41, 5.74) is 2.60. The maximum absolute atomic E-state index is 2.18. The van der Waals surface area contributed by atoms with Crippen molar-refractivity contribution in [3.8, 4) is 11.1 Å². The third-order valence-electron chi connectivity index (χ3n) is 2.76. The summed E-state index contributed by atoms with van der Waals surface area (Å²) in [6.07, 6.45) is 0. The minimum atomic E-state index is 0. The van der Waals surface area contributed by atoms with Gasteiger partial charge in [-0.1, -0.05) is 42.0 Å². The molecule has 0 nitrogen and oxygen atoms in total. The molecule has 0 amide bonds. The molecule has 3 aromatic rings. The zero-order valence-electron chi connectivity index (χ0n) is 9.61. The number of hydrogen-bond donors (Lipinski definition) is 0. The standard InChI is InChI=1S/C15H11.2BrH.Hf/c1-2-6-12(7-3-1)14-10-4-8-13-9-5-11-15(13)14;;;/h1-11H;2*1H;/q-1;;;/p-2. The molecule has 0 unspecified atom stereocenters. The number of benzene rings is 2. The molecule has 0 aliphatic carbocycles. The molecule has 0 saturated carbocycles. The van der Waals surface area contributed by atoms with Crippen molar-refractivity contribution in [3.63, 3.8) is 0 Å². The minimum absolute atomic E-state index is 0. The predicted molar refractivity (Wildman–Crippen MR) is 65.0 cm³/mol. The Morgan fingerprint density at radius 1 is 0.722 bits per heavy atom. The summed E-state index contributed by atoms with van der Waals surface area (Å²) in [4.78, 5) is 0. The Morgan fingerprint density at radius 2 is 1.44 bits per heavy atom. The predicted octanol–water partition coefficient (Wildman–Crippen LogP) is -1.77. The summed E-state index contributed by atoms with van der Waals surface area (Å²) in [7, 11) is 0. The summed E-state index contributed by atoms with van der Waals surface area (Å²) in [6, 6.07) is 23.4. The molecule has 0 N–H and O–H groups in total. The Kier molecular flexibility index (Phi) is 8.08. The van der Waals surface area contributed by atoms with Gasteiger partial charge in [0.1, 0.15) is 0 Å². The third-order valence-corrected chi connectivity index (χ3v) is 2.76. The van der Waals surface area contributed by atoms with Gasteiger partial charge in [-0.15, -0.1) is 29.0 Å². The SMILES string of the molecule is [Br-].[Br-].[Hf].c1ccc(-c2cccc3[cH-]ccc23)cc1. The van der Waals surface area contributed by atoms with Crippen molar-refractivity contribution in [2.24, 2.45) is 0 Å². The van der Waals surface area contributed by atoms with Crippen LogP contribution in [0.2, 0.25) is 0 Å². The molecule has 0 aliphatic heterocycles. The van der Waals surface area contributed by atoms with E-state index in [1.807, 2.05) is 0 Å². The second kappa shape index (κ2) is 8.13. The second-order valence-electron chi connectivity index (χ2n) is 3.70.